The number of ether oxygens (including phenoxy) is 2. The van der Waals surface area contributed by atoms with Gasteiger partial charge in [0, 0.05) is 32.3 Å². The van der Waals surface area contributed by atoms with Gasteiger partial charge in [-0.2, -0.15) is 0 Å². The van der Waals surface area contributed by atoms with Crippen molar-refractivity contribution in [3.8, 4) is 0 Å². The smallest absolute Gasteiger partial charge is 0.0900 e. The van der Waals surface area contributed by atoms with Crippen molar-refractivity contribution in [1.29, 1.82) is 0 Å². The fourth-order valence-corrected chi connectivity index (χ4v) is 2.38. The van der Waals surface area contributed by atoms with Crippen molar-refractivity contribution in [3.63, 3.8) is 0 Å². The summed E-state index contributed by atoms with van der Waals surface area (Å²) < 4.78 is 10.3. The van der Waals surface area contributed by atoms with Gasteiger partial charge in [0.2, 0.25) is 0 Å². The lowest BCUT2D eigenvalue weighted by molar-refractivity contribution is -0.00549. The molecule has 2 N–H and O–H groups in total. The Labute approximate surface area is 117 Å². The second-order valence-corrected chi connectivity index (χ2v) is 5.56. The van der Waals surface area contributed by atoms with E-state index in [1.165, 1.54) is 12.8 Å². The van der Waals surface area contributed by atoms with Crippen molar-refractivity contribution in [2.45, 2.75) is 44.9 Å². The van der Waals surface area contributed by atoms with E-state index in [-0.39, 0.29) is 0 Å². The van der Waals surface area contributed by atoms with Gasteiger partial charge >= 0.3 is 0 Å². The lowest BCUT2D eigenvalue weighted by atomic mass is 10.1. The van der Waals surface area contributed by atoms with Crippen LogP contribution < -0.4 is 5.32 Å². The molecular formula is C14H30N2O3. The minimum atomic E-state index is -0.430. The molecule has 5 nitrogen and oxygen atoms in total. The molecule has 2 unspecified atom stereocenters. The summed E-state index contributed by atoms with van der Waals surface area (Å²) in [5, 5.41) is 13.5. The van der Waals surface area contributed by atoms with Crippen LogP contribution >= 0.6 is 0 Å². The van der Waals surface area contributed by atoms with Crippen molar-refractivity contribution in [1.82, 2.24) is 10.2 Å². The molecule has 0 aliphatic carbocycles. The molecule has 0 aromatic carbocycles. The Morgan fingerprint density at radius 3 is 2.74 bits per heavy atom. The highest BCUT2D eigenvalue weighted by molar-refractivity contribution is 4.80. The molecule has 0 aromatic heterocycles. The minimum absolute atomic E-state index is 0.380. The fourth-order valence-electron chi connectivity index (χ4n) is 2.38. The zero-order valence-electron chi connectivity index (χ0n) is 12.6. The first-order chi connectivity index (χ1) is 9.13. The van der Waals surface area contributed by atoms with Gasteiger partial charge in [0.15, 0.2) is 0 Å². The number of nitrogens with zero attached hydrogens (tertiary/aromatic N) is 1. The van der Waals surface area contributed by atoms with E-state index >= 15 is 0 Å². The third-order valence-electron chi connectivity index (χ3n) is 3.53. The Kier molecular flexibility index (Phi) is 8.57. The fraction of sp³-hybridized carbons (Fsp3) is 1.00. The van der Waals surface area contributed by atoms with Crippen molar-refractivity contribution in [2.24, 2.45) is 0 Å². The van der Waals surface area contributed by atoms with Gasteiger partial charge in [-0.25, -0.2) is 0 Å². The first-order valence-electron chi connectivity index (χ1n) is 7.35. The number of nitrogens with one attached hydrogen (secondary N) is 1. The van der Waals surface area contributed by atoms with E-state index in [2.05, 4.69) is 24.1 Å². The third-order valence-corrected chi connectivity index (χ3v) is 3.53. The Morgan fingerprint density at radius 1 is 1.37 bits per heavy atom. The highest BCUT2D eigenvalue weighted by Gasteiger charge is 2.21. The summed E-state index contributed by atoms with van der Waals surface area (Å²) in [6, 6.07) is 1.01. The predicted molar refractivity (Wildman–Crippen MR) is 76.4 cm³/mol. The van der Waals surface area contributed by atoms with Gasteiger partial charge in [-0.1, -0.05) is 0 Å². The van der Waals surface area contributed by atoms with Gasteiger partial charge in [-0.05, 0) is 33.2 Å². The van der Waals surface area contributed by atoms with Crippen LogP contribution in [0.15, 0.2) is 0 Å². The maximum Gasteiger partial charge on any atom is 0.0900 e. The first kappa shape index (κ1) is 16.9. The normalized spacial score (nSPS) is 21.5. The number of rotatable bonds is 10. The van der Waals surface area contributed by atoms with E-state index in [9.17, 15) is 5.11 Å². The molecule has 19 heavy (non-hydrogen) atoms. The van der Waals surface area contributed by atoms with Gasteiger partial charge in [-0.3, -0.25) is 4.90 Å². The van der Waals surface area contributed by atoms with E-state index in [1.54, 1.807) is 7.11 Å². The Balaban J connectivity index is 2.23. The molecule has 0 radical (unpaired) electrons. The molecule has 0 aromatic rings. The molecule has 1 aliphatic heterocycles. The standard InChI is InChI=1S/C14H30N2O3/c1-12(2)16(9-13-5-4-6-15-13)10-14(17)11-19-8-7-18-3/h12-15,17H,4-11H2,1-3H3. The average molecular weight is 274 g/mol. The summed E-state index contributed by atoms with van der Waals surface area (Å²) in [4.78, 5) is 2.33. The molecule has 0 saturated carbocycles. The summed E-state index contributed by atoms with van der Waals surface area (Å²) in [5.41, 5.74) is 0. The van der Waals surface area contributed by atoms with Gasteiger partial charge in [0.25, 0.3) is 0 Å². The lowest BCUT2D eigenvalue weighted by Gasteiger charge is -2.31. The van der Waals surface area contributed by atoms with Gasteiger partial charge in [0.1, 0.15) is 0 Å². The number of methoxy groups -OCH3 is 1. The second-order valence-electron chi connectivity index (χ2n) is 5.56. The molecule has 1 saturated heterocycles. The largest absolute Gasteiger partial charge is 0.389 e. The van der Waals surface area contributed by atoms with Crippen LogP contribution in [0.5, 0.6) is 0 Å². The Morgan fingerprint density at radius 2 is 2.16 bits per heavy atom. The van der Waals surface area contributed by atoms with Crippen LogP contribution in [0.4, 0.5) is 0 Å². The van der Waals surface area contributed by atoms with Crippen LogP contribution in [0, 0.1) is 0 Å². The van der Waals surface area contributed by atoms with Gasteiger partial charge in [-0.15, -0.1) is 0 Å². The number of aliphatic hydroxyl groups excluding tert-OH is 1. The molecule has 0 bridgehead atoms. The third kappa shape index (κ3) is 7.22. The van der Waals surface area contributed by atoms with E-state index in [4.69, 9.17) is 9.47 Å². The minimum Gasteiger partial charge on any atom is -0.389 e. The first-order valence-corrected chi connectivity index (χ1v) is 7.35. The Hall–Kier alpha value is -0.200. The summed E-state index contributed by atoms with van der Waals surface area (Å²) in [7, 11) is 1.65. The molecule has 0 spiro atoms. The predicted octanol–water partition coefficient (Wildman–Crippen LogP) is 0.473. The maximum atomic E-state index is 10.0. The quantitative estimate of drug-likeness (QED) is 0.567. The maximum absolute atomic E-state index is 10.0. The van der Waals surface area contributed by atoms with E-state index in [1.807, 2.05) is 0 Å². The topological polar surface area (TPSA) is 54.0 Å². The molecule has 0 amide bonds. The van der Waals surface area contributed by atoms with Crippen molar-refractivity contribution >= 4 is 0 Å². The zero-order valence-corrected chi connectivity index (χ0v) is 12.6. The summed E-state index contributed by atoms with van der Waals surface area (Å²) in [5.74, 6) is 0. The molecular weight excluding hydrogens is 244 g/mol. The Bertz CT molecular complexity index is 221. The van der Waals surface area contributed by atoms with E-state index in [0.29, 0.717) is 38.4 Å². The number of hydrogen-bond acceptors (Lipinski definition) is 5. The van der Waals surface area contributed by atoms with Crippen molar-refractivity contribution in [2.75, 3.05) is 46.6 Å². The highest BCUT2D eigenvalue weighted by atomic mass is 16.5. The highest BCUT2D eigenvalue weighted by Crippen LogP contribution is 2.10. The molecule has 2 atom stereocenters. The number of hydrogen-bond donors (Lipinski definition) is 2. The molecule has 5 heteroatoms. The average Bonchev–Trinajstić information content (AvgIpc) is 2.86. The van der Waals surface area contributed by atoms with Crippen LogP contribution in [-0.4, -0.2) is 74.8 Å². The zero-order chi connectivity index (χ0) is 14.1. The molecule has 114 valence electrons. The molecule has 1 heterocycles. The second kappa shape index (κ2) is 9.66. The van der Waals surface area contributed by atoms with Crippen LogP contribution in [0.3, 0.4) is 0 Å². The lowest BCUT2D eigenvalue weighted by Crippen LogP contribution is -2.45. The van der Waals surface area contributed by atoms with Crippen LogP contribution in [0.25, 0.3) is 0 Å². The van der Waals surface area contributed by atoms with Crippen molar-refractivity contribution < 1.29 is 14.6 Å². The summed E-state index contributed by atoms with van der Waals surface area (Å²) >= 11 is 0. The van der Waals surface area contributed by atoms with Crippen LogP contribution in [0.1, 0.15) is 26.7 Å². The van der Waals surface area contributed by atoms with E-state index < -0.39 is 6.10 Å². The summed E-state index contributed by atoms with van der Waals surface area (Å²) in [6.45, 7) is 8.65. The van der Waals surface area contributed by atoms with Gasteiger partial charge in [0.05, 0.1) is 25.9 Å². The van der Waals surface area contributed by atoms with Gasteiger partial charge < -0.3 is 19.9 Å². The van der Waals surface area contributed by atoms with Crippen molar-refractivity contribution in [3.05, 3.63) is 0 Å². The SMILES string of the molecule is COCCOCC(O)CN(CC1CCCN1)C(C)C. The van der Waals surface area contributed by atoms with E-state index in [0.717, 1.165) is 13.1 Å². The monoisotopic (exact) mass is 274 g/mol. The summed E-state index contributed by atoms with van der Waals surface area (Å²) in [6.07, 6.45) is 2.07. The molecule has 1 rings (SSSR count). The molecule has 1 aliphatic rings. The van der Waals surface area contributed by atoms with Crippen LogP contribution in [-0.2, 0) is 9.47 Å². The number of aliphatic hydroxyl groups is 1. The molecule has 1 fully saturated rings. The van der Waals surface area contributed by atoms with Crippen LogP contribution in [0.2, 0.25) is 0 Å².